The molecule has 0 spiro atoms. The lowest BCUT2D eigenvalue weighted by molar-refractivity contribution is -0.139. The Balaban J connectivity index is 3.55. The first kappa shape index (κ1) is 13.6. The van der Waals surface area contributed by atoms with E-state index in [0.29, 0.717) is 6.20 Å². The van der Waals surface area contributed by atoms with E-state index in [-0.39, 0.29) is 0 Å². The number of ether oxygens (including phenoxy) is 1. The van der Waals surface area contributed by atoms with E-state index in [0.717, 1.165) is 7.11 Å². The molecule has 0 saturated heterocycles. The average molecular weight is 256 g/mol. The molecule has 0 saturated carbocycles. The third-order valence-corrected chi connectivity index (χ3v) is 2.10. The van der Waals surface area contributed by atoms with Gasteiger partial charge in [-0.15, -0.1) is 0 Å². The molecule has 0 aliphatic carbocycles. The first-order chi connectivity index (χ1) is 7.82. The maximum atomic E-state index is 12.7. The van der Waals surface area contributed by atoms with Gasteiger partial charge < -0.3 is 10.5 Å². The van der Waals surface area contributed by atoms with E-state index in [1.807, 2.05) is 0 Å². The van der Waals surface area contributed by atoms with Crippen LogP contribution in [0.25, 0.3) is 0 Å². The molecule has 0 fully saturated rings. The number of rotatable bonds is 3. The summed E-state index contributed by atoms with van der Waals surface area (Å²) < 4.78 is 67.6. The highest BCUT2D eigenvalue weighted by atomic mass is 19.4. The van der Waals surface area contributed by atoms with Crippen molar-refractivity contribution in [1.29, 1.82) is 0 Å². The van der Waals surface area contributed by atoms with E-state index < -0.39 is 41.7 Å². The van der Waals surface area contributed by atoms with E-state index in [1.54, 1.807) is 0 Å². The number of hydrogen-bond acceptors (Lipinski definition) is 3. The van der Waals surface area contributed by atoms with E-state index in [4.69, 9.17) is 5.73 Å². The summed E-state index contributed by atoms with van der Waals surface area (Å²) in [7, 11) is 0.972. The number of nitrogens with zero attached hydrogens (tertiary/aromatic N) is 1. The molecule has 3 nitrogen and oxygen atoms in total. The van der Waals surface area contributed by atoms with Crippen molar-refractivity contribution in [3.63, 3.8) is 0 Å². The maximum absolute atomic E-state index is 12.7. The molecule has 0 radical (unpaired) electrons. The van der Waals surface area contributed by atoms with Crippen molar-refractivity contribution >= 4 is 0 Å². The molecule has 17 heavy (non-hydrogen) atoms. The summed E-state index contributed by atoms with van der Waals surface area (Å²) in [5.74, 6) is -0.762. The van der Waals surface area contributed by atoms with Crippen LogP contribution in [0.4, 0.5) is 22.0 Å². The normalized spacial score (nSPS) is 12.0. The van der Waals surface area contributed by atoms with E-state index >= 15 is 0 Å². The highest BCUT2D eigenvalue weighted by Gasteiger charge is 2.39. The van der Waals surface area contributed by atoms with Gasteiger partial charge in [-0.25, -0.2) is 13.8 Å². The third kappa shape index (κ3) is 2.63. The Kier molecular flexibility index (Phi) is 3.87. The molecule has 8 heteroatoms. The smallest absolute Gasteiger partial charge is 0.421 e. The minimum Gasteiger partial charge on any atom is -0.481 e. The molecule has 2 N–H and O–H groups in total. The number of alkyl halides is 5. The van der Waals surface area contributed by atoms with Gasteiger partial charge in [-0.1, -0.05) is 0 Å². The van der Waals surface area contributed by atoms with Crippen LogP contribution in [0.15, 0.2) is 6.20 Å². The Bertz CT molecular complexity index is 405. The molecular formula is C9H9F5N2O. The SMILES string of the molecule is COc1ncc(C(F)F)c(CN)c1C(F)(F)F. The number of aromatic nitrogens is 1. The van der Waals surface area contributed by atoms with Gasteiger partial charge in [0.2, 0.25) is 5.88 Å². The Morgan fingerprint density at radius 2 is 2.00 bits per heavy atom. The summed E-state index contributed by atoms with van der Waals surface area (Å²) in [5.41, 5.74) is 2.22. The summed E-state index contributed by atoms with van der Waals surface area (Å²) in [6, 6.07) is 0. The van der Waals surface area contributed by atoms with Crippen molar-refractivity contribution in [3.05, 3.63) is 22.9 Å². The molecule has 1 rings (SSSR count). The lowest BCUT2D eigenvalue weighted by Crippen LogP contribution is -2.17. The Labute approximate surface area is 93.4 Å². The first-order valence-corrected chi connectivity index (χ1v) is 4.44. The molecule has 0 unspecified atom stereocenters. The second-order valence-electron chi connectivity index (χ2n) is 3.08. The van der Waals surface area contributed by atoms with Crippen molar-refractivity contribution in [2.45, 2.75) is 19.1 Å². The van der Waals surface area contributed by atoms with E-state index in [1.165, 1.54) is 0 Å². The van der Waals surface area contributed by atoms with Crippen LogP contribution in [0.3, 0.4) is 0 Å². The molecular weight excluding hydrogens is 247 g/mol. The van der Waals surface area contributed by atoms with Crippen molar-refractivity contribution < 1.29 is 26.7 Å². The van der Waals surface area contributed by atoms with Crippen molar-refractivity contribution in [3.8, 4) is 5.88 Å². The lowest BCUT2D eigenvalue weighted by Gasteiger charge is -2.17. The number of methoxy groups -OCH3 is 1. The van der Waals surface area contributed by atoms with E-state index in [2.05, 4.69) is 9.72 Å². The van der Waals surface area contributed by atoms with Crippen molar-refractivity contribution in [2.24, 2.45) is 5.73 Å². The van der Waals surface area contributed by atoms with Crippen LogP contribution in [-0.4, -0.2) is 12.1 Å². The highest BCUT2D eigenvalue weighted by molar-refractivity contribution is 5.42. The zero-order chi connectivity index (χ0) is 13.2. The van der Waals surface area contributed by atoms with Gasteiger partial charge in [-0.3, -0.25) is 0 Å². The molecule has 0 aliphatic rings. The summed E-state index contributed by atoms with van der Waals surface area (Å²) in [5, 5.41) is 0. The highest BCUT2D eigenvalue weighted by Crippen LogP contribution is 2.40. The molecule has 1 aromatic heterocycles. The topological polar surface area (TPSA) is 48.1 Å². The maximum Gasteiger partial charge on any atom is 0.421 e. The van der Waals surface area contributed by atoms with Gasteiger partial charge >= 0.3 is 6.18 Å². The molecule has 0 amide bonds. The monoisotopic (exact) mass is 256 g/mol. The molecule has 1 aromatic rings. The number of nitrogens with two attached hydrogens (primary N) is 1. The first-order valence-electron chi connectivity index (χ1n) is 4.44. The van der Waals surface area contributed by atoms with Gasteiger partial charge in [0.25, 0.3) is 6.43 Å². The van der Waals surface area contributed by atoms with Crippen LogP contribution in [0.1, 0.15) is 23.1 Å². The third-order valence-electron chi connectivity index (χ3n) is 2.10. The molecule has 96 valence electrons. The summed E-state index contributed by atoms with van der Waals surface area (Å²) >= 11 is 0. The molecule has 0 aromatic carbocycles. The second-order valence-corrected chi connectivity index (χ2v) is 3.08. The van der Waals surface area contributed by atoms with E-state index in [9.17, 15) is 22.0 Å². The summed E-state index contributed by atoms with van der Waals surface area (Å²) in [6.45, 7) is -0.673. The number of halogens is 5. The lowest BCUT2D eigenvalue weighted by atomic mass is 10.0. The molecule has 0 bridgehead atoms. The van der Waals surface area contributed by atoms with Gasteiger partial charge in [0.15, 0.2) is 0 Å². The zero-order valence-corrected chi connectivity index (χ0v) is 8.68. The fraction of sp³-hybridized carbons (Fsp3) is 0.444. The summed E-state index contributed by atoms with van der Waals surface area (Å²) in [6.07, 6.45) is -7.29. The van der Waals surface area contributed by atoms with Gasteiger partial charge in [-0.2, -0.15) is 13.2 Å². The number of hydrogen-bond donors (Lipinski definition) is 1. The van der Waals surface area contributed by atoms with Crippen LogP contribution in [0.5, 0.6) is 5.88 Å². The predicted octanol–water partition coefficient (Wildman–Crippen LogP) is 2.51. The van der Waals surface area contributed by atoms with Gasteiger partial charge in [0.1, 0.15) is 5.56 Å². The Hall–Kier alpha value is -1.44. The van der Waals surface area contributed by atoms with Crippen molar-refractivity contribution in [1.82, 2.24) is 4.98 Å². The standard InChI is InChI=1S/C9H9F5N2O/c1-17-8-6(9(12,13)14)4(2-15)5(3-16-8)7(10)11/h3,7H,2,15H2,1H3. The van der Waals surface area contributed by atoms with Gasteiger partial charge in [-0.05, 0) is 5.56 Å². The minimum atomic E-state index is -4.85. The largest absolute Gasteiger partial charge is 0.481 e. The van der Waals surface area contributed by atoms with Crippen LogP contribution < -0.4 is 10.5 Å². The predicted molar refractivity (Wildman–Crippen MR) is 48.6 cm³/mol. The number of pyridine rings is 1. The summed E-state index contributed by atoms with van der Waals surface area (Å²) in [4.78, 5) is 3.22. The quantitative estimate of drug-likeness (QED) is 0.845. The van der Waals surface area contributed by atoms with Gasteiger partial charge in [0.05, 0.1) is 7.11 Å². The fourth-order valence-electron chi connectivity index (χ4n) is 1.40. The Morgan fingerprint density at radius 3 is 2.35 bits per heavy atom. The average Bonchev–Trinajstić information content (AvgIpc) is 2.25. The van der Waals surface area contributed by atoms with Crippen LogP contribution >= 0.6 is 0 Å². The molecule has 0 atom stereocenters. The minimum absolute atomic E-state index is 0.640. The molecule has 0 aliphatic heterocycles. The fourth-order valence-corrected chi connectivity index (χ4v) is 1.40. The van der Waals surface area contributed by atoms with Crippen LogP contribution in [0, 0.1) is 0 Å². The van der Waals surface area contributed by atoms with Gasteiger partial charge in [0, 0.05) is 18.3 Å². The second kappa shape index (κ2) is 4.82. The Morgan fingerprint density at radius 1 is 1.41 bits per heavy atom. The van der Waals surface area contributed by atoms with Crippen LogP contribution in [0.2, 0.25) is 0 Å². The van der Waals surface area contributed by atoms with Crippen LogP contribution in [-0.2, 0) is 12.7 Å². The van der Waals surface area contributed by atoms with Crippen molar-refractivity contribution in [2.75, 3.05) is 7.11 Å². The zero-order valence-electron chi connectivity index (χ0n) is 8.68. The molecule has 1 heterocycles.